The second-order valence-corrected chi connectivity index (χ2v) is 14.9. The molecule has 0 saturated heterocycles. The zero-order chi connectivity index (χ0) is 27.3. The van der Waals surface area contributed by atoms with E-state index in [0.29, 0.717) is 24.2 Å². The predicted octanol–water partition coefficient (Wildman–Crippen LogP) is 5.72. The van der Waals surface area contributed by atoms with Gasteiger partial charge in [0.2, 0.25) is 0 Å². The minimum Gasteiger partial charge on any atom is -0.469 e. The average Bonchev–Trinajstić information content (AvgIpc) is 3.46. The molecule has 0 heterocycles. The minimum atomic E-state index is -0.962. The third-order valence-electron chi connectivity index (χ3n) is 13.7. The number of aliphatic hydroxyl groups excluding tert-OH is 2. The molecule has 5 rings (SSSR count). The first-order valence-electron chi connectivity index (χ1n) is 14.8. The van der Waals surface area contributed by atoms with Crippen LogP contribution < -0.4 is 0 Å². The smallest absolute Gasteiger partial charge is 0.314 e. The van der Waals surface area contributed by atoms with Crippen molar-refractivity contribution in [3.63, 3.8) is 0 Å². The number of rotatable bonds is 6. The quantitative estimate of drug-likeness (QED) is 0.350. The molecule has 5 nitrogen and oxygen atoms in total. The maximum atomic E-state index is 13.1. The number of esters is 1. The van der Waals surface area contributed by atoms with Gasteiger partial charge in [0.25, 0.3) is 0 Å². The lowest BCUT2D eigenvalue weighted by Crippen LogP contribution is -2.63. The summed E-state index contributed by atoms with van der Waals surface area (Å²) in [6.07, 6.45) is 6.74. The number of Topliss-reactive ketones (excluding diaryl/α,β-unsaturated/α-hetero) is 1. The van der Waals surface area contributed by atoms with Crippen LogP contribution in [0, 0.1) is 56.7 Å². The highest BCUT2D eigenvalue weighted by Gasteiger charge is 2.85. The van der Waals surface area contributed by atoms with E-state index in [2.05, 4.69) is 27.4 Å². The zero-order valence-corrected chi connectivity index (χ0v) is 24.2. The van der Waals surface area contributed by atoms with Crippen LogP contribution in [0.4, 0.5) is 0 Å². The highest BCUT2D eigenvalue weighted by molar-refractivity contribution is 5.95. The summed E-state index contributed by atoms with van der Waals surface area (Å²) < 4.78 is 5.24. The minimum absolute atomic E-state index is 0.0406. The standard InChI is InChI=1S/C32H50O5/c1-18(2)20(4)22(33)15-19(3)21-11-12-29(6)23-9-10-24-30(7,27(36)37-8)25(34)16-26(35)32(24)17-31(23,32)14-13-28(21,29)5/h18-19,21,23-26,34-35H,4,9-17H2,1-3,5-8H3/t19-,21-,23+,24?,25+,26+,28-,29+,30+,31+,32-/m1/s1. The number of fused-ring (bicyclic) bond motifs is 2. The van der Waals surface area contributed by atoms with Crippen molar-refractivity contribution in [2.24, 2.45) is 56.7 Å². The van der Waals surface area contributed by atoms with E-state index in [0.717, 1.165) is 50.5 Å². The summed E-state index contributed by atoms with van der Waals surface area (Å²) >= 11 is 0. The van der Waals surface area contributed by atoms with Crippen LogP contribution in [0.15, 0.2) is 12.2 Å². The molecule has 0 bridgehead atoms. The Morgan fingerprint density at radius 2 is 1.59 bits per heavy atom. The fraction of sp³-hybridized carbons (Fsp3) is 0.875. The van der Waals surface area contributed by atoms with Crippen molar-refractivity contribution in [3.05, 3.63) is 12.2 Å². The normalized spacial score (nSPS) is 50.8. The van der Waals surface area contributed by atoms with E-state index in [9.17, 15) is 19.8 Å². The summed E-state index contributed by atoms with van der Waals surface area (Å²) in [5, 5.41) is 22.6. The van der Waals surface area contributed by atoms with E-state index < -0.39 is 17.6 Å². The molecule has 37 heavy (non-hydrogen) atoms. The molecule has 0 aliphatic heterocycles. The molecule has 2 spiro atoms. The molecule has 5 aliphatic carbocycles. The number of carbonyl (C=O) groups excluding carboxylic acids is 2. The molecule has 0 amide bonds. The lowest BCUT2D eigenvalue weighted by Gasteiger charge is -2.63. The Bertz CT molecular complexity index is 1000. The summed E-state index contributed by atoms with van der Waals surface area (Å²) in [4.78, 5) is 26.0. The number of allylic oxidation sites excluding steroid dienone is 1. The Balaban J connectivity index is 1.44. The van der Waals surface area contributed by atoms with Gasteiger partial charge in [-0.05, 0) is 103 Å². The van der Waals surface area contributed by atoms with Gasteiger partial charge in [-0.1, -0.05) is 41.2 Å². The van der Waals surface area contributed by atoms with Crippen LogP contribution in [-0.2, 0) is 14.3 Å². The Labute approximate surface area is 223 Å². The van der Waals surface area contributed by atoms with Crippen LogP contribution in [0.25, 0.3) is 0 Å². The molecule has 11 atom stereocenters. The van der Waals surface area contributed by atoms with Gasteiger partial charge in [0, 0.05) is 18.3 Å². The lowest BCUT2D eigenvalue weighted by molar-refractivity contribution is -0.212. The highest BCUT2D eigenvalue weighted by atomic mass is 16.5. The van der Waals surface area contributed by atoms with E-state index in [1.54, 1.807) is 0 Å². The van der Waals surface area contributed by atoms with E-state index >= 15 is 0 Å². The summed E-state index contributed by atoms with van der Waals surface area (Å²) in [7, 11) is 1.42. The predicted molar refractivity (Wildman–Crippen MR) is 143 cm³/mol. The maximum absolute atomic E-state index is 13.1. The number of hydrogen-bond acceptors (Lipinski definition) is 5. The molecule has 2 N–H and O–H groups in total. The number of ether oxygens (including phenoxy) is 1. The van der Waals surface area contributed by atoms with Crippen molar-refractivity contribution < 1.29 is 24.5 Å². The molecule has 5 saturated carbocycles. The summed E-state index contributed by atoms with van der Waals surface area (Å²) in [5.41, 5.74) is -0.163. The number of hydrogen-bond donors (Lipinski definition) is 2. The molecule has 5 aliphatic rings. The molecule has 5 heteroatoms. The monoisotopic (exact) mass is 514 g/mol. The van der Waals surface area contributed by atoms with E-state index in [4.69, 9.17) is 4.74 Å². The molecule has 1 unspecified atom stereocenters. The SMILES string of the molecule is C=C(C(=O)C[C@@H](C)[C@H]1CC[C@@]2(C)[C@@H]3CCC4[C@](C)(C(=O)OC)[C@@H](O)C[C@H](O)[C@@]45C[C@@]35CC[C@]12C)C(C)C. The average molecular weight is 515 g/mol. The van der Waals surface area contributed by atoms with Gasteiger partial charge in [0.05, 0.1) is 24.7 Å². The molecule has 5 fully saturated rings. The van der Waals surface area contributed by atoms with Gasteiger partial charge in [0.1, 0.15) is 0 Å². The summed E-state index contributed by atoms with van der Waals surface area (Å²) in [6.45, 7) is 17.3. The van der Waals surface area contributed by atoms with Crippen molar-refractivity contribution in [1.82, 2.24) is 0 Å². The van der Waals surface area contributed by atoms with Gasteiger partial charge in [-0.3, -0.25) is 9.59 Å². The second kappa shape index (κ2) is 8.40. The Morgan fingerprint density at radius 3 is 2.22 bits per heavy atom. The molecule has 0 aromatic heterocycles. The van der Waals surface area contributed by atoms with Gasteiger partial charge in [-0.2, -0.15) is 0 Å². The number of aliphatic hydroxyl groups is 2. The van der Waals surface area contributed by atoms with Crippen molar-refractivity contribution >= 4 is 11.8 Å². The Morgan fingerprint density at radius 1 is 0.946 bits per heavy atom. The van der Waals surface area contributed by atoms with Gasteiger partial charge < -0.3 is 14.9 Å². The summed E-state index contributed by atoms with van der Waals surface area (Å²) in [5.74, 6) is 1.37. The van der Waals surface area contributed by atoms with Gasteiger partial charge in [-0.15, -0.1) is 0 Å². The largest absolute Gasteiger partial charge is 0.469 e. The second-order valence-electron chi connectivity index (χ2n) is 14.9. The van der Waals surface area contributed by atoms with Crippen LogP contribution >= 0.6 is 0 Å². The third kappa shape index (κ3) is 3.16. The van der Waals surface area contributed by atoms with Gasteiger partial charge in [0.15, 0.2) is 5.78 Å². The maximum Gasteiger partial charge on any atom is 0.314 e. The van der Waals surface area contributed by atoms with Crippen LogP contribution in [0.3, 0.4) is 0 Å². The number of carbonyl (C=O) groups is 2. The van der Waals surface area contributed by atoms with Crippen molar-refractivity contribution in [1.29, 1.82) is 0 Å². The van der Waals surface area contributed by atoms with Crippen molar-refractivity contribution in [3.8, 4) is 0 Å². The topological polar surface area (TPSA) is 83.8 Å². The van der Waals surface area contributed by atoms with Crippen molar-refractivity contribution in [2.45, 2.75) is 112 Å². The first-order valence-corrected chi connectivity index (χ1v) is 14.8. The molecule has 0 aromatic carbocycles. The van der Waals surface area contributed by atoms with Crippen LogP contribution in [0.5, 0.6) is 0 Å². The van der Waals surface area contributed by atoms with Gasteiger partial charge >= 0.3 is 5.97 Å². The number of methoxy groups -OCH3 is 1. The van der Waals surface area contributed by atoms with Crippen molar-refractivity contribution in [2.75, 3.05) is 7.11 Å². The van der Waals surface area contributed by atoms with E-state index in [1.807, 2.05) is 20.8 Å². The fourth-order valence-corrected chi connectivity index (χ4v) is 11.4. The summed E-state index contributed by atoms with van der Waals surface area (Å²) in [6, 6.07) is 0. The first-order chi connectivity index (χ1) is 17.2. The Hall–Kier alpha value is -1.20. The zero-order valence-electron chi connectivity index (χ0n) is 24.2. The van der Waals surface area contributed by atoms with Crippen LogP contribution in [0.2, 0.25) is 0 Å². The highest BCUT2D eigenvalue weighted by Crippen LogP contribution is 2.89. The fourth-order valence-electron chi connectivity index (χ4n) is 11.4. The molecule has 208 valence electrons. The van der Waals surface area contributed by atoms with Gasteiger partial charge in [-0.25, -0.2) is 0 Å². The molecule has 0 aromatic rings. The third-order valence-corrected chi connectivity index (χ3v) is 13.7. The molecular formula is C32H50O5. The number of ketones is 1. The molecular weight excluding hydrogens is 464 g/mol. The van der Waals surface area contributed by atoms with E-state index in [1.165, 1.54) is 7.11 Å². The van der Waals surface area contributed by atoms with Crippen LogP contribution in [-0.4, -0.2) is 41.3 Å². The lowest BCUT2D eigenvalue weighted by atomic mass is 9.41. The molecule has 0 radical (unpaired) electrons. The first kappa shape index (κ1) is 27.4. The van der Waals surface area contributed by atoms with Crippen LogP contribution in [0.1, 0.15) is 99.3 Å². The van der Waals surface area contributed by atoms with E-state index in [-0.39, 0.29) is 51.7 Å². The Kier molecular flexibility index (Phi) is 6.21.